The van der Waals surface area contributed by atoms with Gasteiger partial charge in [0.1, 0.15) is 6.61 Å². The Balaban J connectivity index is 2.20. The van der Waals surface area contributed by atoms with Gasteiger partial charge < -0.3 is 5.11 Å². The molecule has 2 aromatic carbocycles. The van der Waals surface area contributed by atoms with Crippen molar-refractivity contribution in [2.45, 2.75) is 6.61 Å². The summed E-state index contributed by atoms with van der Waals surface area (Å²) in [6, 6.07) is 15.2. The Hall–Kier alpha value is -1.69. The third-order valence-corrected chi connectivity index (χ3v) is 4.28. The van der Waals surface area contributed by atoms with E-state index in [0.717, 1.165) is 15.7 Å². The number of rotatable bonds is 3. The lowest BCUT2D eigenvalue weighted by atomic mass is 10.2. The highest BCUT2D eigenvalue weighted by molar-refractivity contribution is 9.10. The van der Waals surface area contributed by atoms with Gasteiger partial charge in [0.05, 0.1) is 5.02 Å². The average molecular weight is 365 g/mol. The molecule has 0 atom stereocenters. The number of hydrogen-bond donors (Lipinski definition) is 1. The van der Waals surface area contributed by atoms with Crippen molar-refractivity contribution in [2.75, 3.05) is 0 Å². The predicted molar refractivity (Wildman–Crippen MR) is 85.4 cm³/mol. The summed E-state index contributed by atoms with van der Waals surface area (Å²) in [5.74, 6) is 1.14. The summed E-state index contributed by atoms with van der Waals surface area (Å²) in [7, 11) is 0. The molecule has 0 spiro atoms. The van der Waals surface area contributed by atoms with Gasteiger partial charge in [-0.25, -0.2) is 0 Å². The van der Waals surface area contributed by atoms with Crippen LogP contribution in [0.25, 0.3) is 17.1 Å². The molecule has 4 nitrogen and oxygen atoms in total. The highest BCUT2D eigenvalue weighted by atomic mass is 79.9. The molecule has 3 aromatic rings. The van der Waals surface area contributed by atoms with Gasteiger partial charge in [0.15, 0.2) is 11.6 Å². The monoisotopic (exact) mass is 363 g/mol. The molecule has 3 rings (SSSR count). The molecule has 0 radical (unpaired) electrons. The number of hydrogen-bond acceptors (Lipinski definition) is 3. The minimum absolute atomic E-state index is 0.184. The fraction of sp³-hybridized carbons (Fsp3) is 0.0667. The normalized spacial score (nSPS) is 10.8. The number of nitrogens with zero attached hydrogens (tertiary/aromatic N) is 3. The first-order valence-electron chi connectivity index (χ1n) is 6.26. The lowest BCUT2D eigenvalue weighted by molar-refractivity contribution is 0.269. The lowest BCUT2D eigenvalue weighted by Gasteiger charge is -2.10. The highest BCUT2D eigenvalue weighted by Crippen LogP contribution is 2.29. The molecule has 21 heavy (non-hydrogen) atoms. The van der Waals surface area contributed by atoms with Gasteiger partial charge in [0.2, 0.25) is 0 Å². The molecule has 0 saturated carbocycles. The predicted octanol–water partition coefficient (Wildman–Crippen LogP) is 3.84. The van der Waals surface area contributed by atoms with Crippen LogP contribution in [0, 0.1) is 0 Å². The molecule has 0 amide bonds. The summed E-state index contributed by atoms with van der Waals surface area (Å²) in [4.78, 5) is 0. The summed E-state index contributed by atoms with van der Waals surface area (Å²) in [6.07, 6.45) is 0. The van der Waals surface area contributed by atoms with Crippen LogP contribution in [0.3, 0.4) is 0 Å². The summed E-state index contributed by atoms with van der Waals surface area (Å²) in [6.45, 7) is -0.184. The average Bonchev–Trinajstić information content (AvgIpc) is 2.95. The van der Waals surface area contributed by atoms with Gasteiger partial charge >= 0.3 is 0 Å². The van der Waals surface area contributed by atoms with Crippen LogP contribution in [-0.2, 0) is 6.61 Å². The summed E-state index contributed by atoms with van der Waals surface area (Å²) < 4.78 is 2.62. The van der Waals surface area contributed by atoms with Gasteiger partial charge in [0.25, 0.3) is 0 Å². The molecule has 1 heterocycles. The maximum atomic E-state index is 9.48. The molecular weight excluding hydrogens is 354 g/mol. The largest absolute Gasteiger partial charge is 0.388 e. The van der Waals surface area contributed by atoms with Crippen LogP contribution in [0.2, 0.25) is 5.02 Å². The lowest BCUT2D eigenvalue weighted by Crippen LogP contribution is -2.03. The van der Waals surface area contributed by atoms with Crippen LogP contribution in [0.5, 0.6) is 0 Å². The van der Waals surface area contributed by atoms with Crippen molar-refractivity contribution in [2.24, 2.45) is 0 Å². The maximum Gasteiger partial charge on any atom is 0.168 e. The van der Waals surface area contributed by atoms with E-state index in [1.165, 1.54) is 0 Å². The topological polar surface area (TPSA) is 50.9 Å². The second-order valence-corrected chi connectivity index (χ2v) is 5.66. The number of para-hydroxylation sites is 1. The molecule has 0 aliphatic heterocycles. The van der Waals surface area contributed by atoms with E-state index in [-0.39, 0.29) is 6.61 Å². The number of halogens is 2. The van der Waals surface area contributed by atoms with Crippen molar-refractivity contribution >= 4 is 27.5 Å². The molecule has 6 heteroatoms. The Kier molecular flexibility index (Phi) is 4.05. The van der Waals surface area contributed by atoms with Crippen molar-refractivity contribution < 1.29 is 5.11 Å². The minimum Gasteiger partial charge on any atom is -0.388 e. The minimum atomic E-state index is -0.184. The third kappa shape index (κ3) is 2.72. The molecule has 0 unspecified atom stereocenters. The standard InChI is InChI=1S/C15H11BrClN3O/c16-12-8-10(6-7-13(12)17)15-19-18-14(9-21)20(15)11-4-2-1-3-5-11/h1-8,21H,9H2. The summed E-state index contributed by atoms with van der Waals surface area (Å²) in [5.41, 5.74) is 1.76. The first kappa shape index (κ1) is 14.3. The zero-order valence-electron chi connectivity index (χ0n) is 10.9. The number of aromatic nitrogens is 3. The Morgan fingerprint density at radius 2 is 1.86 bits per heavy atom. The number of benzene rings is 2. The van der Waals surface area contributed by atoms with Gasteiger partial charge in [-0.1, -0.05) is 29.8 Å². The Morgan fingerprint density at radius 1 is 1.10 bits per heavy atom. The molecule has 1 aromatic heterocycles. The molecule has 0 aliphatic carbocycles. The van der Waals surface area contributed by atoms with E-state index in [1.807, 2.05) is 47.0 Å². The van der Waals surface area contributed by atoms with E-state index < -0.39 is 0 Å². The Morgan fingerprint density at radius 3 is 2.52 bits per heavy atom. The summed E-state index contributed by atoms with van der Waals surface area (Å²) in [5, 5.41) is 18.4. The van der Waals surface area contributed by atoms with E-state index >= 15 is 0 Å². The van der Waals surface area contributed by atoms with Crippen LogP contribution in [0.15, 0.2) is 53.0 Å². The van der Waals surface area contributed by atoms with Crippen LogP contribution >= 0.6 is 27.5 Å². The van der Waals surface area contributed by atoms with Gasteiger partial charge in [-0.15, -0.1) is 10.2 Å². The second kappa shape index (κ2) is 5.97. The first-order chi connectivity index (χ1) is 10.2. The maximum absolute atomic E-state index is 9.48. The number of aliphatic hydroxyl groups is 1. The second-order valence-electron chi connectivity index (χ2n) is 4.40. The van der Waals surface area contributed by atoms with Crippen LogP contribution in [0.1, 0.15) is 5.82 Å². The Bertz CT molecular complexity index is 774. The highest BCUT2D eigenvalue weighted by Gasteiger charge is 2.15. The molecule has 106 valence electrons. The van der Waals surface area contributed by atoms with Crippen LogP contribution in [-0.4, -0.2) is 19.9 Å². The number of aliphatic hydroxyl groups excluding tert-OH is 1. The van der Waals surface area contributed by atoms with Gasteiger partial charge in [-0.3, -0.25) is 4.57 Å². The van der Waals surface area contributed by atoms with E-state index in [2.05, 4.69) is 26.1 Å². The third-order valence-electron chi connectivity index (χ3n) is 3.06. The quantitative estimate of drug-likeness (QED) is 0.768. The smallest absolute Gasteiger partial charge is 0.168 e. The molecule has 1 N–H and O–H groups in total. The fourth-order valence-corrected chi connectivity index (χ4v) is 2.59. The van der Waals surface area contributed by atoms with E-state index in [0.29, 0.717) is 16.7 Å². The van der Waals surface area contributed by atoms with Crippen molar-refractivity contribution in [1.29, 1.82) is 0 Å². The van der Waals surface area contributed by atoms with Crippen molar-refractivity contribution in [1.82, 2.24) is 14.8 Å². The zero-order valence-corrected chi connectivity index (χ0v) is 13.2. The van der Waals surface area contributed by atoms with Crippen LogP contribution < -0.4 is 0 Å². The van der Waals surface area contributed by atoms with E-state index in [4.69, 9.17) is 11.6 Å². The molecule has 0 aliphatic rings. The summed E-state index contributed by atoms with van der Waals surface area (Å²) >= 11 is 9.44. The molecule has 0 bridgehead atoms. The SMILES string of the molecule is OCc1nnc(-c2ccc(Cl)c(Br)c2)n1-c1ccccc1. The molecule has 0 saturated heterocycles. The Labute approximate surface area is 135 Å². The van der Waals surface area contributed by atoms with Crippen molar-refractivity contribution in [3.8, 4) is 17.1 Å². The van der Waals surface area contributed by atoms with E-state index in [1.54, 1.807) is 6.07 Å². The molecular formula is C15H11BrClN3O. The van der Waals surface area contributed by atoms with Crippen molar-refractivity contribution in [3.63, 3.8) is 0 Å². The zero-order chi connectivity index (χ0) is 14.8. The fourth-order valence-electron chi connectivity index (χ4n) is 2.09. The molecule has 0 fully saturated rings. The van der Waals surface area contributed by atoms with Gasteiger partial charge in [-0.05, 0) is 46.3 Å². The first-order valence-corrected chi connectivity index (χ1v) is 7.44. The van der Waals surface area contributed by atoms with Gasteiger partial charge in [-0.2, -0.15) is 0 Å². The van der Waals surface area contributed by atoms with Crippen molar-refractivity contribution in [3.05, 3.63) is 63.9 Å². The van der Waals surface area contributed by atoms with E-state index in [9.17, 15) is 5.11 Å². The van der Waals surface area contributed by atoms with Crippen LogP contribution in [0.4, 0.5) is 0 Å². The van der Waals surface area contributed by atoms with Gasteiger partial charge in [0, 0.05) is 15.7 Å².